The van der Waals surface area contributed by atoms with Gasteiger partial charge in [-0.25, -0.2) is 0 Å². The predicted molar refractivity (Wildman–Crippen MR) is 102 cm³/mol. The quantitative estimate of drug-likeness (QED) is 0.805. The van der Waals surface area contributed by atoms with E-state index in [-0.39, 0.29) is 29.0 Å². The van der Waals surface area contributed by atoms with E-state index >= 15 is 0 Å². The van der Waals surface area contributed by atoms with Crippen molar-refractivity contribution in [1.29, 1.82) is 5.26 Å². The number of nitriles is 1. The summed E-state index contributed by atoms with van der Waals surface area (Å²) in [6.07, 6.45) is 3.14. The summed E-state index contributed by atoms with van der Waals surface area (Å²) >= 11 is 0. The van der Waals surface area contributed by atoms with Gasteiger partial charge in [-0.2, -0.15) is 10.3 Å². The molecule has 2 fully saturated rings. The molecule has 2 aliphatic rings. The Bertz CT molecular complexity index is 494. The molecule has 0 radical (unpaired) electrons. The molecule has 1 heterocycles. The monoisotopic (exact) mass is 366 g/mol. The molecule has 4 unspecified atom stereocenters. The van der Waals surface area contributed by atoms with Crippen LogP contribution in [0.1, 0.15) is 60.3 Å². The molecule has 5 heteroatoms. The Balaban J connectivity index is 1.96. The molecule has 0 aromatic carbocycles. The molecule has 0 amide bonds. The maximum atomic E-state index is 10.1. The van der Waals surface area contributed by atoms with E-state index in [1.54, 1.807) is 7.11 Å². The van der Waals surface area contributed by atoms with E-state index in [4.69, 9.17) is 9.57 Å². The lowest BCUT2D eigenvalue weighted by molar-refractivity contribution is -0.229. The number of nitrogens with zero attached hydrogens (tertiary/aromatic N) is 2. The first-order valence-electron chi connectivity index (χ1n) is 10.0. The minimum Gasteiger partial charge on any atom is -0.393 e. The van der Waals surface area contributed by atoms with E-state index < -0.39 is 0 Å². The number of aliphatic hydroxyl groups is 1. The molecule has 0 bridgehead atoms. The molecule has 26 heavy (non-hydrogen) atoms. The highest BCUT2D eigenvalue weighted by Gasteiger charge is 2.39. The van der Waals surface area contributed by atoms with Gasteiger partial charge in [-0.05, 0) is 48.3 Å². The van der Waals surface area contributed by atoms with Crippen LogP contribution in [0, 0.1) is 39.9 Å². The van der Waals surface area contributed by atoms with Gasteiger partial charge in [-0.3, -0.25) is 4.84 Å². The van der Waals surface area contributed by atoms with Gasteiger partial charge in [0.2, 0.25) is 0 Å². The van der Waals surface area contributed by atoms with E-state index in [1.807, 2.05) is 0 Å². The average Bonchev–Trinajstić information content (AvgIpc) is 2.58. The van der Waals surface area contributed by atoms with Crippen molar-refractivity contribution < 1.29 is 14.7 Å². The van der Waals surface area contributed by atoms with Gasteiger partial charge < -0.3 is 9.84 Å². The van der Waals surface area contributed by atoms with Crippen LogP contribution in [0.2, 0.25) is 0 Å². The largest absolute Gasteiger partial charge is 0.393 e. The Labute approximate surface area is 159 Å². The number of methoxy groups -OCH3 is 1. The fraction of sp³-hybridized carbons (Fsp3) is 0.952. The number of aliphatic hydroxyl groups excluding tert-OH is 1. The van der Waals surface area contributed by atoms with Gasteiger partial charge in [0.05, 0.1) is 31.4 Å². The lowest BCUT2D eigenvalue weighted by Gasteiger charge is -2.44. The third-order valence-electron chi connectivity index (χ3n) is 6.53. The van der Waals surface area contributed by atoms with Crippen LogP contribution in [-0.2, 0) is 9.57 Å². The van der Waals surface area contributed by atoms with Crippen molar-refractivity contribution in [2.75, 3.05) is 26.8 Å². The number of hydrogen-bond donors (Lipinski definition) is 1. The van der Waals surface area contributed by atoms with Gasteiger partial charge in [-0.1, -0.05) is 34.6 Å². The van der Waals surface area contributed by atoms with Gasteiger partial charge in [0.15, 0.2) is 0 Å². The summed E-state index contributed by atoms with van der Waals surface area (Å²) in [5, 5.41) is 21.5. The summed E-state index contributed by atoms with van der Waals surface area (Å²) in [5.41, 5.74) is 0.148. The van der Waals surface area contributed by atoms with Crippen molar-refractivity contribution in [2.24, 2.45) is 28.6 Å². The fourth-order valence-corrected chi connectivity index (χ4v) is 4.33. The van der Waals surface area contributed by atoms with E-state index in [1.165, 1.54) is 0 Å². The average molecular weight is 367 g/mol. The number of piperidine rings is 1. The molecule has 1 saturated heterocycles. The zero-order valence-corrected chi connectivity index (χ0v) is 17.5. The minimum absolute atomic E-state index is 0.0406. The zero-order chi connectivity index (χ0) is 19.5. The maximum Gasteiger partial charge on any atom is 0.0738 e. The molecule has 1 saturated carbocycles. The zero-order valence-electron chi connectivity index (χ0n) is 17.5. The number of ether oxygens (including phenoxy) is 1. The van der Waals surface area contributed by atoms with Gasteiger partial charge >= 0.3 is 0 Å². The van der Waals surface area contributed by atoms with Gasteiger partial charge in [0, 0.05) is 19.6 Å². The van der Waals surface area contributed by atoms with Crippen LogP contribution in [-0.4, -0.2) is 49.2 Å². The Kier molecular flexibility index (Phi) is 7.12. The standard InChI is InChI=1S/C21H38N2O3/c1-20(2,3)17-10-19(25-6)13-23(12-17)26-14-21(4,5)16-7-15(11-22)8-18(24)9-16/h15-19,24H,7-10,12-14H2,1-6H3/t15?,16?,17-,18?,19?/m0/s1. The molecular formula is C21H38N2O3. The van der Waals surface area contributed by atoms with E-state index in [2.05, 4.69) is 45.8 Å². The fourth-order valence-electron chi connectivity index (χ4n) is 4.33. The molecular weight excluding hydrogens is 328 g/mol. The number of rotatable bonds is 5. The van der Waals surface area contributed by atoms with Gasteiger partial charge in [-0.15, -0.1) is 0 Å². The lowest BCUT2D eigenvalue weighted by atomic mass is 9.68. The van der Waals surface area contributed by atoms with Crippen molar-refractivity contribution in [2.45, 2.75) is 72.5 Å². The Morgan fingerprint density at radius 1 is 1.04 bits per heavy atom. The third-order valence-corrected chi connectivity index (χ3v) is 6.53. The molecule has 5 nitrogen and oxygen atoms in total. The molecule has 0 aromatic heterocycles. The summed E-state index contributed by atoms with van der Waals surface area (Å²) in [6, 6.07) is 2.35. The Morgan fingerprint density at radius 3 is 2.31 bits per heavy atom. The normalized spacial score (nSPS) is 34.5. The lowest BCUT2D eigenvalue weighted by Crippen LogP contribution is -2.49. The molecule has 0 spiro atoms. The minimum atomic E-state index is -0.365. The van der Waals surface area contributed by atoms with Crippen LogP contribution < -0.4 is 0 Å². The van der Waals surface area contributed by atoms with Gasteiger partial charge in [0.1, 0.15) is 0 Å². The third kappa shape index (κ3) is 5.66. The smallest absolute Gasteiger partial charge is 0.0738 e. The Hall–Kier alpha value is -0.670. The van der Waals surface area contributed by atoms with E-state index in [0.29, 0.717) is 24.9 Å². The van der Waals surface area contributed by atoms with Crippen molar-refractivity contribution in [1.82, 2.24) is 5.06 Å². The second-order valence-corrected chi connectivity index (χ2v) is 10.1. The molecule has 5 atom stereocenters. The molecule has 2 rings (SSSR count). The summed E-state index contributed by atoms with van der Waals surface area (Å²) in [7, 11) is 1.78. The second kappa shape index (κ2) is 8.56. The summed E-state index contributed by atoms with van der Waals surface area (Å²) in [4.78, 5) is 6.25. The predicted octanol–water partition coefficient (Wildman–Crippen LogP) is 3.63. The number of hydroxylamine groups is 2. The van der Waals surface area contributed by atoms with E-state index in [9.17, 15) is 10.4 Å². The van der Waals surface area contributed by atoms with Crippen LogP contribution in [0.4, 0.5) is 0 Å². The van der Waals surface area contributed by atoms with Crippen LogP contribution in [0.25, 0.3) is 0 Å². The second-order valence-electron chi connectivity index (χ2n) is 10.1. The van der Waals surface area contributed by atoms with Crippen molar-refractivity contribution in [3.63, 3.8) is 0 Å². The summed E-state index contributed by atoms with van der Waals surface area (Å²) in [6.45, 7) is 13.6. The molecule has 1 aliphatic heterocycles. The highest BCUT2D eigenvalue weighted by molar-refractivity contribution is 4.95. The van der Waals surface area contributed by atoms with Gasteiger partial charge in [0.25, 0.3) is 0 Å². The van der Waals surface area contributed by atoms with Crippen LogP contribution in [0.3, 0.4) is 0 Å². The van der Waals surface area contributed by atoms with Crippen molar-refractivity contribution in [3.05, 3.63) is 0 Å². The SMILES string of the molecule is COC1C[C@H](C(C)(C)C)CN(OCC(C)(C)C2CC(O)CC(C#N)C2)C1. The highest BCUT2D eigenvalue weighted by atomic mass is 16.7. The number of hydrogen-bond acceptors (Lipinski definition) is 5. The Morgan fingerprint density at radius 2 is 1.73 bits per heavy atom. The van der Waals surface area contributed by atoms with Crippen molar-refractivity contribution in [3.8, 4) is 6.07 Å². The first-order valence-corrected chi connectivity index (χ1v) is 10.0. The highest BCUT2D eigenvalue weighted by Crippen LogP contribution is 2.41. The molecule has 0 aromatic rings. The van der Waals surface area contributed by atoms with Crippen molar-refractivity contribution >= 4 is 0 Å². The first kappa shape index (κ1) is 21.6. The van der Waals surface area contributed by atoms with Crippen LogP contribution in [0.5, 0.6) is 0 Å². The van der Waals surface area contributed by atoms with Crippen LogP contribution >= 0.6 is 0 Å². The topological polar surface area (TPSA) is 65.7 Å². The summed E-state index contributed by atoms with van der Waals surface area (Å²) < 4.78 is 5.65. The summed E-state index contributed by atoms with van der Waals surface area (Å²) in [5.74, 6) is 0.794. The van der Waals surface area contributed by atoms with E-state index in [0.717, 1.165) is 32.4 Å². The van der Waals surface area contributed by atoms with Crippen LogP contribution in [0.15, 0.2) is 0 Å². The first-order chi connectivity index (χ1) is 12.0. The molecule has 1 N–H and O–H groups in total. The molecule has 150 valence electrons. The maximum absolute atomic E-state index is 10.1. The molecule has 1 aliphatic carbocycles.